The van der Waals surface area contributed by atoms with Gasteiger partial charge >= 0.3 is 0 Å². The van der Waals surface area contributed by atoms with E-state index in [1.54, 1.807) is 0 Å². The van der Waals surface area contributed by atoms with E-state index in [1.807, 2.05) is 6.92 Å². The highest BCUT2D eigenvalue weighted by Crippen LogP contribution is 1.89. The summed E-state index contributed by atoms with van der Waals surface area (Å²) in [6, 6.07) is 0. The summed E-state index contributed by atoms with van der Waals surface area (Å²) in [6.45, 7) is 3.02. The fourth-order valence-electron chi connectivity index (χ4n) is 0.499. The fourth-order valence-corrected chi connectivity index (χ4v) is 0.499. The molecule has 1 rings (SSSR count). The van der Waals surface area contributed by atoms with Gasteiger partial charge in [-0.3, -0.25) is 4.84 Å². The van der Waals surface area contributed by atoms with Crippen LogP contribution in [0.4, 0.5) is 0 Å². The minimum absolute atomic E-state index is 0.497. The van der Waals surface area contributed by atoms with Crippen molar-refractivity contribution in [3.05, 3.63) is 0 Å². The molecule has 9 heavy (non-hydrogen) atoms. The third kappa shape index (κ3) is 1.81. The highest BCUT2D eigenvalue weighted by molar-refractivity contribution is 5.72. The third-order valence-corrected chi connectivity index (χ3v) is 0.804. The molecular weight excluding hydrogens is 118 g/mol. The van der Waals surface area contributed by atoms with Gasteiger partial charge in [0.15, 0.2) is 0 Å². The van der Waals surface area contributed by atoms with Crippen molar-refractivity contribution in [2.24, 2.45) is 9.98 Å². The van der Waals surface area contributed by atoms with Crippen LogP contribution in [0, 0.1) is 0 Å². The van der Waals surface area contributed by atoms with Gasteiger partial charge in [0.05, 0.1) is 6.61 Å². The summed E-state index contributed by atoms with van der Waals surface area (Å²) < 4.78 is 0. The first-order valence-electron chi connectivity index (χ1n) is 2.77. The van der Waals surface area contributed by atoms with Gasteiger partial charge in [-0.15, -0.1) is 0 Å². The Kier molecular flexibility index (Phi) is 2.21. The lowest BCUT2D eigenvalue weighted by molar-refractivity contribution is -0.0870. The lowest BCUT2D eigenvalue weighted by Crippen LogP contribution is -2.24. The zero-order valence-corrected chi connectivity index (χ0v) is 5.24. The first-order valence-corrected chi connectivity index (χ1v) is 2.77. The third-order valence-electron chi connectivity index (χ3n) is 0.804. The molecule has 1 radical (unpaired) electrons. The maximum atomic E-state index is 5.00. The molecule has 1 aliphatic heterocycles. The van der Waals surface area contributed by atoms with Gasteiger partial charge in [-0.05, 0) is 6.92 Å². The molecule has 0 spiro atoms. The minimum Gasteiger partial charge on any atom is -0.270 e. The Morgan fingerprint density at radius 1 is 1.89 bits per heavy atom. The number of hydroxylamine groups is 2. The van der Waals surface area contributed by atoms with Crippen molar-refractivity contribution >= 4 is 12.7 Å². The van der Waals surface area contributed by atoms with Gasteiger partial charge in [-0.25, -0.2) is 15.0 Å². The van der Waals surface area contributed by atoms with E-state index in [-0.39, 0.29) is 0 Å². The van der Waals surface area contributed by atoms with Crippen LogP contribution in [0.2, 0.25) is 0 Å². The summed E-state index contributed by atoms with van der Waals surface area (Å²) in [5.74, 6) is 0. The average Bonchev–Trinajstić information content (AvgIpc) is 1.91. The monoisotopic (exact) mass is 126 g/mol. The summed E-state index contributed by atoms with van der Waals surface area (Å²) in [4.78, 5) is 12.5. The standard InChI is InChI=1S/C5H8N3O/c1-2-9-8-4-6-3-7-5-8/h3H,2,4H2,1H3. The van der Waals surface area contributed by atoms with Crippen LogP contribution in [0.3, 0.4) is 0 Å². The molecule has 4 heteroatoms. The molecule has 0 aliphatic carbocycles. The summed E-state index contributed by atoms with van der Waals surface area (Å²) in [5.41, 5.74) is 0. The Morgan fingerprint density at radius 2 is 2.78 bits per heavy atom. The first kappa shape index (κ1) is 6.22. The van der Waals surface area contributed by atoms with Gasteiger partial charge < -0.3 is 0 Å². The van der Waals surface area contributed by atoms with Crippen LogP contribution in [0.25, 0.3) is 0 Å². The molecular formula is C5H8N3O. The Morgan fingerprint density at radius 3 is 3.33 bits per heavy atom. The van der Waals surface area contributed by atoms with Gasteiger partial charge in [0.2, 0.25) is 6.34 Å². The van der Waals surface area contributed by atoms with Crippen LogP contribution in [0.5, 0.6) is 0 Å². The van der Waals surface area contributed by atoms with Crippen molar-refractivity contribution in [1.29, 1.82) is 0 Å². The van der Waals surface area contributed by atoms with Crippen molar-refractivity contribution < 1.29 is 4.84 Å². The summed E-state index contributed by atoms with van der Waals surface area (Å²) >= 11 is 0. The molecule has 0 N–H and O–H groups in total. The van der Waals surface area contributed by atoms with Crippen LogP contribution in [-0.2, 0) is 4.84 Å². The zero-order chi connectivity index (χ0) is 6.53. The first-order chi connectivity index (χ1) is 4.43. The van der Waals surface area contributed by atoms with Crippen LogP contribution < -0.4 is 0 Å². The van der Waals surface area contributed by atoms with Gasteiger partial charge in [0.1, 0.15) is 13.0 Å². The Hall–Kier alpha value is -0.900. The summed E-state index contributed by atoms with van der Waals surface area (Å²) in [5, 5.41) is 1.46. The molecule has 1 heterocycles. The second-order valence-corrected chi connectivity index (χ2v) is 1.46. The van der Waals surface area contributed by atoms with E-state index in [4.69, 9.17) is 4.84 Å². The quantitative estimate of drug-likeness (QED) is 0.528. The molecule has 0 aromatic rings. The molecule has 4 nitrogen and oxygen atoms in total. The summed E-state index contributed by atoms with van der Waals surface area (Å²) in [7, 11) is 0. The molecule has 0 aromatic heterocycles. The Balaban J connectivity index is 2.28. The predicted octanol–water partition coefficient (Wildman–Crippen LogP) is 0.145. The van der Waals surface area contributed by atoms with E-state index in [1.165, 1.54) is 11.4 Å². The number of nitrogens with zero attached hydrogens (tertiary/aromatic N) is 3. The van der Waals surface area contributed by atoms with E-state index >= 15 is 0 Å². The maximum absolute atomic E-state index is 5.00. The lowest BCUT2D eigenvalue weighted by atomic mass is 10.9. The molecule has 1 aliphatic rings. The van der Waals surface area contributed by atoms with Crippen molar-refractivity contribution in [3.8, 4) is 0 Å². The fraction of sp³-hybridized carbons (Fsp3) is 0.600. The number of hydrogen-bond acceptors (Lipinski definition) is 4. The minimum atomic E-state index is 0.497. The molecule has 0 amide bonds. The van der Waals surface area contributed by atoms with E-state index in [9.17, 15) is 0 Å². The van der Waals surface area contributed by atoms with Crippen molar-refractivity contribution in [1.82, 2.24) is 5.06 Å². The van der Waals surface area contributed by atoms with Crippen LogP contribution in [-0.4, -0.2) is 31.0 Å². The Labute approximate surface area is 53.8 Å². The van der Waals surface area contributed by atoms with Gasteiger partial charge in [0.25, 0.3) is 0 Å². The van der Waals surface area contributed by atoms with E-state index < -0.39 is 0 Å². The molecule has 0 saturated heterocycles. The zero-order valence-electron chi connectivity index (χ0n) is 5.24. The predicted molar refractivity (Wildman–Crippen MR) is 34.3 cm³/mol. The average molecular weight is 126 g/mol. The highest BCUT2D eigenvalue weighted by Gasteiger charge is 1.99. The second kappa shape index (κ2) is 3.19. The van der Waals surface area contributed by atoms with Gasteiger partial charge in [-0.2, -0.15) is 0 Å². The molecule has 0 atom stereocenters. The smallest absolute Gasteiger partial charge is 0.201 e. The van der Waals surface area contributed by atoms with E-state index in [0.29, 0.717) is 13.3 Å². The molecule has 0 aromatic carbocycles. The maximum Gasteiger partial charge on any atom is 0.201 e. The Bertz CT molecular complexity index is 132. The number of hydrogen-bond donors (Lipinski definition) is 0. The SMILES string of the molecule is CCON1[C]=NC=NC1. The van der Waals surface area contributed by atoms with Crippen molar-refractivity contribution in [2.45, 2.75) is 6.92 Å². The van der Waals surface area contributed by atoms with Crippen LogP contribution in [0.1, 0.15) is 6.92 Å². The second-order valence-electron chi connectivity index (χ2n) is 1.46. The molecule has 0 fully saturated rings. The van der Waals surface area contributed by atoms with E-state index in [0.717, 1.165) is 0 Å². The van der Waals surface area contributed by atoms with Crippen molar-refractivity contribution in [2.75, 3.05) is 13.3 Å². The molecule has 0 unspecified atom stereocenters. The summed E-state index contributed by atoms with van der Waals surface area (Å²) in [6.07, 6.45) is 4.06. The number of rotatable bonds is 2. The van der Waals surface area contributed by atoms with Gasteiger partial charge in [0, 0.05) is 0 Å². The highest BCUT2D eigenvalue weighted by atomic mass is 16.7. The molecule has 49 valence electrons. The molecule has 0 saturated carbocycles. The molecule has 0 bridgehead atoms. The van der Waals surface area contributed by atoms with Crippen LogP contribution >= 0.6 is 0 Å². The van der Waals surface area contributed by atoms with E-state index in [2.05, 4.69) is 16.3 Å². The number of aliphatic imine (C=N–C) groups is 2. The van der Waals surface area contributed by atoms with Crippen LogP contribution in [0.15, 0.2) is 9.98 Å². The lowest BCUT2D eigenvalue weighted by Gasteiger charge is -2.14. The largest absolute Gasteiger partial charge is 0.270 e. The normalized spacial score (nSPS) is 16.8. The van der Waals surface area contributed by atoms with Gasteiger partial charge in [-0.1, -0.05) is 0 Å². The van der Waals surface area contributed by atoms with Crippen molar-refractivity contribution in [3.63, 3.8) is 0 Å². The topological polar surface area (TPSA) is 37.2 Å².